The summed E-state index contributed by atoms with van der Waals surface area (Å²) in [6.45, 7) is 2.90. The molecule has 0 bridgehead atoms. The number of hydrogen-bond donors (Lipinski definition) is 1. The SMILES string of the molecule is CCc1ccc(CN(C(=O)CC(N)C2CC2)C2CC2)cc1. The maximum atomic E-state index is 12.5. The Morgan fingerprint density at radius 2 is 1.81 bits per heavy atom. The van der Waals surface area contributed by atoms with Crippen molar-refractivity contribution in [3.05, 3.63) is 35.4 Å². The summed E-state index contributed by atoms with van der Waals surface area (Å²) in [5.41, 5.74) is 8.70. The van der Waals surface area contributed by atoms with Crippen LogP contribution in [0.4, 0.5) is 0 Å². The van der Waals surface area contributed by atoms with Gasteiger partial charge in [0.1, 0.15) is 0 Å². The van der Waals surface area contributed by atoms with Gasteiger partial charge in [0.15, 0.2) is 0 Å². The average Bonchev–Trinajstić information content (AvgIpc) is 3.38. The molecule has 0 saturated heterocycles. The van der Waals surface area contributed by atoms with Gasteiger partial charge in [0.25, 0.3) is 0 Å². The van der Waals surface area contributed by atoms with Crippen molar-refractivity contribution in [1.82, 2.24) is 4.90 Å². The van der Waals surface area contributed by atoms with Gasteiger partial charge < -0.3 is 10.6 Å². The molecule has 1 unspecified atom stereocenters. The van der Waals surface area contributed by atoms with Gasteiger partial charge in [-0.15, -0.1) is 0 Å². The highest BCUT2D eigenvalue weighted by atomic mass is 16.2. The van der Waals surface area contributed by atoms with E-state index >= 15 is 0 Å². The smallest absolute Gasteiger partial charge is 0.224 e. The van der Waals surface area contributed by atoms with Gasteiger partial charge in [-0.3, -0.25) is 4.79 Å². The third-order valence-corrected chi connectivity index (χ3v) is 4.73. The van der Waals surface area contributed by atoms with Crippen molar-refractivity contribution in [1.29, 1.82) is 0 Å². The maximum Gasteiger partial charge on any atom is 0.224 e. The largest absolute Gasteiger partial charge is 0.335 e. The molecule has 0 spiro atoms. The molecule has 1 aromatic carbocycles. The van der Waals surface area contributed by atoms with Gasteiger partial charge in [-0.25, -0.2) is 0 Å². The zero-order valence-electron chi connectivity index (χ0n) is 12.9. The van der Waals surface area contributed by atoms with Gasteiger partial charge in [-0.05, 0) is 49.1 Å². The van der Waals surface area contributed by atoms with E-state index in [1.807, 2.05) is 0 Å². The quantitative estimate of drug-likeness (QED) is 0.838. The van der Waals surface area contributed by atoms with E-state index in [4.69, 9.17) is 5.73 Å². The fraction of sp³-hybridized carbons (Fsp3) is 0.611. The monoisotopic (exact) mass is 286 g/mol. The molecule has 2 saturated carbocycles. The Balaban J connectivity index is 1.61. The fourth-order valence-corrected chi connectivity index (χ4v) is 2.89. The van der Waals surface area contributed by atoms with Gasteiger partial charge in [0.05, 0.1) is 0 Å². The second-order valence-corrected chi connectivity index (χ2v) is 6.63. The van der Waals surface area contributed by atoms with Crippen LogP contribution in [0.25, 0.3) is 0 Å². The van der Waals surface area contributed by atoms with E-state index in [1.165, 1.54) is 24.0 Å². The van der Waals surface area contributed by atoms with Gasteiger partial charge >= 0.3 is 0 Å². The predicted octanol–water partition coefficient (Wildman–Crippen LogP) is 2.87. The molecule has 0 aliphatic heterocycles. The van der Waals surface area contributed by atoms with Crippen LogP contribution >= 0.6 is 0 Å². The third kappa shape index (κ3) is 3.85. The molecule has 0 aromatic heterocycles. The van der Waals surface area contributed by atoms with Crippen LogP contribution in [0.3, 0.4) is 0 Å². The zero-order chi connectivity index (χ0) is 14.8. The topological polar surface area (TPSA) is 46.3 Å². The van der Waals surface area contributed by atoms with Crippen LogP contribution in [-0.4, -0.2) is 22.9 Å². The summed E-state index contributed by atoms with van der Waals surface area (Å²) in [6, 6.07) is 9.17. The zero-order valence-corrected chi connectivity index (χ0v) is 12.9. The number of rotatable bonds is 7. The normalized spacial score (nSPS) is 19.3. The molecule has 114 valence electrons. The molecular formula is C18H26N2O. The first-order chi connectivity index (χ1) is 10.2. The summed E-state index contributed by atoms with van der Waals surface area (Å²) in [5.74, 6) is 0.843. The maximum absolute atomic E-state index is 12.5. The molecule has 3 nitrogen and oxygen atoms in total. The van der Waals surface area contributed by atoms with E-state index in [0.717, 1.165) is 25.8 Å². The molecule has 2 N–H and O–H groups in total. The van der Waals surface area contributed by atoms with Crippen molar-refractivity contribution in [3.63, 3.8) is 0 Å². The minimum atomic E-state index is 0.0706. The van der Waals surface area contributed by atoms with Crippen LogP contribution in [0, 0.1) is 5.92 Å². The van der Waals surface area contributed by atoms with Crippen LogP contribution in [0.2, 0.25) is 0 Å². The van der Waals surface area contributed by atoms with Crippen molar-refractivity contribution in [2.45, 2.75) is 64.1 Å². The summed E-state index contributed by atoms with van der Waals surface area (Å²) < 4.78 is 0. The molecule has 1 aromatic rings. The number of nitrogens with two attached hydrogens (primary N) is 1. The number of hydrogen-bond acceptors (Lipinski definition) is 2. The number of nitrogens with zero attached hydrogens (tertiary/aromatic N) is 1. The molecule has 2 aliphatic rings. The van der Waals surface area contributed by atoms with E-state index in [0.29, 0.717) is 18.4 Å². The third-order valence-electron chi connectivity index (χ3n) is 4.73. The highest BCUT2D eigenvalue weighted by Crippen LogP contribution is 2.34. The van der Waals surface area contributed by atoms with Crippen LogP contribution in [0.1, 0.15) is 50.2 Å². The van der Waals surface area contributed by atoms with Crippen LogP contribution in [-0.2, 0) is 17.8 Å². The van der Waals surface area contributed by atoms with Crippen molar-refractivity contribution in [3.8, 4) is 0 Å². The number of benzene rings is 1. The predicted molar refractivity (Wildman–Crippen MR) is 84.7 cm³/mol. The summed E-state index contributed by atoms with van der Waals surface area (Å²) in [7, 11) is 0. The Bertz CT molecular complexity index is 488. The lowest BCUT2D eigenvalue weighted by Gasteiger charge is -2.24. The minimum absolute atomic E-state index is 0.0706. The average molecular weight is 286 g/mol. The van der Waals surface area contributed by atoms with Crippen LogP contribution < -0.4 is 5.73 Å². The van der Waals surface area contributed by atoms with Crippen LogP contribution in [0.5, 0.6) is 0 Å². The van der Waals surface area contributed by atoms with E-state index < -0.39 is 0 Å². The van der Waals surface area contributed by atoms with E-state index in [-0.39, 0.29) is 11.9 Å². The Hall–Kier alpha value is -1.35. The minimum Gasteiger partial charge on any atom is -0.335 e. The van der Waals surface area contributed by atoms with Crippen molar-refractivity contribution >= 4 is 5.91 Å². The fourth-order valence-electron chi connectivity index (χ4n) is 2.89. The number of carbonyl (C=O) groups is 1. The van der Waals surface area contributed by atoms with Gasteiger partial charge in [0, 0.05) is 25.0 Å². The van der Waals surface area contributed by atoms with E-state index in [9.17, 15) is 4.79 Å². The number of amides is 1. The molecule has 1 amide bonds. The lowest BCUT2D eigenvalue weighted by molar-refractivity contribution is -0.132. The molecule has 21 heavy (non-hydrogen) atoms. The highest BCUT2D eigenvalue weighted by molar-refractivity contribution is 5.77. The van der Waals surface area contributed by atoms with E-state index in [2.05, 4.69) is 36.1 Å². The second-order valence-electron chi connectivity index (χ2n) is 6.63. The molecule has 1 atom stereocenters. The first kappa shape index (κ1) is 14.6. The summed E-state index contributed by atoms with van der Waals surface area (Å²) in [4.78, 5) is 14.6. The molecule has 0 radical (unpaired) electrons. The Morgan fingerprint density at radius 1 is 1.19 bits per heavy atom. The van der Waals surface area contributed by atoms with Gasteiger partial charge in [-0.1, -0.05) is 31.2 Å². The lowest BCUT2D eigenvalue weighted by atomic mass is 10.1. The second kappa shape index (κ2) is 6.18. The Labute approximate surface area is 127 Å². The summed E-state index contributed by atoms with van der Waals surface area (Å²) >= 11 is 0. The molecule has 2 aliphatic carbocycles. The van der Waals surface area contributed by atoms with Gasteiger partial charge in [-0.2, -0.15) is 0 Å². The first-order valence-electron chi connectivity index (χ1n) is 8.30. The Morgan fingerprint density at radius 3 is 2.33 bits per heavy atom. The summed E-state index contributed by atoms with van der Waals surface area (Å²) in [5, 5.41) is 0. The van der Waals surface area contributed by atoms with E-state index in [1.54, 1.807) is 0 Å². The number of aryl methyl sites for hydroxylation is 1. The highest BCUT2D eigenvalue weighted by Gasteiger charge is 2.35. The van der Waals surface area contributed by atoms with Crippen LogP contribution in [0.15, 0.2) is 24.3 Å². The number of carbonyl (C=O) groups excluding carboxylic acids is 1. The molecule has 0 heterocycles. The Kier molecular flexibility index (Phi) is 4.29. The van der Waals surface area contributed by atoms with Crippen molar-refractivity contribution < 1.29 is 4.79 Å². The first-order valence-corrected chi connectivity index (χ1v) is 8.30. The summed E-state index contributed by atoms with van der Waals surface area (Å²) in [6.07, 6.45) is 6.29. The molecular weight excluding hydrogens is 260 g/mol. The lowest BCUT2D eigenvalue weighted by Crippen LogP contribution is -2.37. The molecule has 3 rings (SSSR count). The molecule has 3 heteroatoms. The molecule has 2 fully saturated rings. The van der Waals surface area contributed by atoms with Crippen molar-refractivity contribution in [2.24, 2.45) is 11.7 Å². The van der Waals surface area contributed by atoms with Gasteiger partial charge in [0.2, 0.25) is 5.91 Å². The van der Waals surface area contributed by atoms with Crippen molar-refractivity contribution in [2.75, 3.05) is 0 Å². The standard InChI is InChI=1S/C18H26N2O/c1-2-13-3-5-14(6-4-13)12-20(16-9-10-16)18(21)11-17(19)15-7-8-15/h3-6,15-17H,2,7-12,19H2,1H3.